The highest BCUT2D eigenvalue weighted by Crippen LogP contribution is 2.18. The van der Waals surface area contributed by atoms with Gasteiger partial charge in [-0.25, -0.2) is 4.98 Å². The van der Waals surface area contributed by atoms with Gasteiger partial charge in [-0.15, -0.1) is 0 Å². The summed E-state index contributed by atoms with van der Waals surface area (Å²) in [5, 5.41) is 3.27. The minimum absolute atomic E-state index is 0.650. The highest BCUT2D eigenvalue weighted by atomic mass is 15.3. The average molecular weight is 283 g/mol. The molecular weight excluding hydrogens is 262 g/mol. The number of anilines is 3. The third-order valence-electron chi connectivity index (χ3n) is 3.74. The zero-order valence-corrected chi connectivity index (χ0v) is 12.6. The third kappa shape index (κ3) is 3.49. The van der Waals surface area contributed by atoms with Crippen LogP contribution in [-0.4, -0.2) is 48.1 Å². The van der Waals surface area contributed by atoms with Gasteiger partial charge in [0.05, 0.1) is 0 Å². The standard InChI is InChI=1S/C16H21N5/c1-13-4-3-5-14(12-13)18-16-17-7-6-15(19-16)21-10-8-20(2)9-11-21/h3-7,12H,8-11H2,1-2H3,(H,17,18,19). The molecule has 0 amide bonds. The first kappa shape index (κ1) is 13.8. The number of nitrogens with one attached hydrogen (secondary N) is 1. The summed E-state index contributed by atoms with van der Waals surface area (Å²) in [4.78, 5) is 13.6. The molecule has 1 aromatic heterocycles. The zero-order chi connectivity index (χ0) is 14.7. The summed E-state index contributed by atoms with van der Waals surface area (Å²) in [6.07, 6.45) is 1.82. The van der Waals surface area contributed by atoms with E-state index in [4.69, 9.17) is 0 Å². The molecule has 0 radical (unpaired) electrons. The minimum atomic E-state index is 0.650. The Kier molecular flexibility index (Phi) is 4.01. The van der Waals surface area contributed by atoms with E-state index in [1.54, 1.807) is 0 Å². The molecule has 0 unspecified atom stereocenters. The van der Waals surface area contributed by atoms with Crippen molar-refractivity contribution < 1.29 is 0 Å². The number of piperazine rings is 1. The summed E-state index contributed by atoms with van der Waals surface area (Å²) in [5.41, 5.74) is 2.24. The van der Waals surface area contributed by atoms with Crippen molar-refractivity contribution in [2.75, 3.05) is 43.4 Å². The third-order valence-corrected chi connectivity index (χ3v) is 3.74. The molecule has 0 saturated carbocycles. The zero-order valence-electron chi connectivity index (χ0n) is 12.6. The largest absolute Gasteiger partial charge is 0.354 e. The quantitative estimate of drug-likeness (QED) is 0.936. The number of likely N-dealkylation sites (N-methyl/N-ethyl adjacent to an activating group) is 1. The predicted molar refractivity (Wildman–Crippen MR) is 86.2 cm³/mol. The van der Waals surface area contributed by atoms with E-state index in [0.717, 1.165) is 37.7 Å². The number of hydrogen-bond donors (Lipinski definition) is 1. The second-order valence-electron chi connectivity index (χ2n) is 5.52. The van der Waals surface area contributed by atoms with Gasteiger partial charge in [0, 0.05) is 38.1 Å². The van der Waals surface area contributed by atoms with Crippen LogP contribution in [0.4, 0.5) is 17.5 Å². The van der Waals surface area contributed by atoms with Crippen LogP contribution in [0.5, 0.6) is 0 Å². The maximum atomic E-state index is 4.63. The van der Waals surface area contributed by atoms with Gasteiger partial charge in [0.2, 0.25) is 5.95 Å². The van der Waals surface area contributed by atoms with Crippen LogP contribution in [0.1, 0.15) is 5.56 Å². The van der Waals surface area contributed by atoms with E-state index in [0.29, 0.717) is 5.95 Å². The summed E-state index contributed by atoms with van der Waals surface area (Å²) >= 11 is 0. The summed E-state index contributed by atoms with van der Waals surface area (Å²) in [6.45, 7) is 6.25. The Morgan fingerprint density at radius 1 is 1.10 bits per heavy atom. The molecule has 0 bridgehead atoms. The van der Waals surface area contributed by atoms with E-state index in [2.05, 4.69) is 51.2 Å². The molecule has 21 heavy (non-hydrogen) atoms. The first-order valence-electron chi connectivity index (χ1n) is 7.31. The number of aryl methyl sites for hydroxylation is 1. The highest BCUT2D eigenvalue weighted by molar-refractivity contribution is 5.56. The number of hydrogen-bond acceptors (Lipinski definition) is 5. The van der Waals surface area contributed by atoms with Gasteiger partial charge in [-0.05, 0) is 37.7 Å². The van der Waals surface area contributed by atoms with Crippen molar-refractivity contribution in [1.82, 2.24) is 14.9 Å². The van der Waals surface area contributed by atoms with Crippen molar-refractivity contribution in [3.05, 3.63) is 42.1 Å². The van der Waals surface area contributed by atoms with Crippen LogP contribution in [0.2, 0.25) is 0 Å². The van der Waals surface area contributed by atoms with E-state index in [9.17, 15) is 0 Å². The van der Waals surface area contributed by atoms with Crippen molar-refractivity contribution in [3.63, 3.8) is 0 Å². The molecule has 1 aliphatic heterocycles. The Morgan fingerprint density at radius 3 is 2.67 bits per heavy atom. The fourth-order valence-electron chi connectivity index (χ4n) is 2.47. The molecule has 1 saturated heterocycles. The average Bonchev–Trinajstić information content (AvgIpc) is 2.48. The first-order valence-corrected chi connectivity index (χ1v) is 7.31. The predicted octanol–water partition coefficient (Wildman–Crippen LogP) is 2.28. The minimum Gasteiger partial charge on any atom is -0.354 e. The van der Waals surface area contributed by atoms with Crippen LogP contribution in [0, 0.1) is 6.92 Å². The van der Waals surface area contributed by atoms with Gasteiger partial charge >= 0.3 is 0 Å². The van der Waals surface area contributed by atoms with Crippen molar-refractivity contribution in [3.8, 4) is 0 Å². The second-order valence-corrected chi connectivity index (χ2v) is 5.52. The van der Waals surface area contributed by atoms with Gasteiger partial charge in [-0.3, -0.25) is 0 Å². The van der Waals surface area contributed by atoms with Crippen molar-refractivity contribution in [1.29, 1.82) is 0 Å². The highest BCUT2D eigenvalue weighted by Gasteiger charge is 2.15. The van der Waals surface area contributed by atoms with Crippen LogP contribution in [0.15, 0.2) is 36.5 Å². The summed E-state index contributed by atoms with van der Waals surface area (Å²) < 4.78 is 0. The van der Waals surface area contributed by atoms with Crippen LogP contribution in [0.3, 0.4) is 0 Å². The van der Waals surface area contributed by atoms with Crippen LogP contribution in [0.25, 0.3) is 0 Å². The smallest absolute Gasteiger partial charge is 0.229 e. The first-order chi connectivity index (χ1) is 10.2. The summed E-state index contributed by atoms with van der Waals surface area (Å²) in [5.74, 6) is 1.64. The Hall–Kier alpha value is -2.14. The monoisotopic (exact) mass is 283 g/mol. The maximum Gasteiger partial charge on any atom is 0.229 e. The van der Waals surface area contributed by atoms with Gasteiger partial charge in [0.25, 0.3) is 0 Å². The lowest BCUT2D eigenvalue weighted by molar-refractivity contribution is 0.312. The van der Waals surface area contributed by atoms with Gasteiger partial charge in [-0.2, -0.15) is 4.98 Å². The fraction of sp³-hybridized carbons (Fsp3) is 0.375. The summed E-state index contributed by atoms with van der Waals surface area (Å²) in [7, 11) is 2.15. The molecule has 1 aliphatic rings. The molecule has 5 heteroatoms. The van der Waals surface area contributed by atoms with Crippen molar-refractivity contribution in [2.45, 2.75) is 6.92 Å². The van der Waals surface area contributed by atoms with Gasteiger partial charge in [0.15, 0.2) is 0 Å². The molecule has 1 fully saturated rings. The summed E-state index contributed by atoms with van der Waals surface area (Å²) in [6, 6.07) is 10.2. The number of nitrogens with zero attached hydrogens (tertiary/aromatic N) is 4. The molecule has 1 aromatic carbocycles. The van der Waals surface area contributed by atoms with E-state index in [-0.39, 0.29) is 0 Å². The molecule has 1 N–H and O–H groups in total. The van der Waals surface area contributed by atoms with E-state index < -0.39 is 0 Å². The molecule has 2 heterocycles. The Labute approximate surface area is 125 Å². The molecule has 110 valence electrons. The molecule has 5 nitrogen and oxygen atoms in total. The number of aromatic nitrogens is 2. The van der Waals surface area contributed by atoms with Gasteiger partial charge < -0.3 is 15.1 Å². The van der Waals surface area contributed by atoms with E-state index in [1.165, 1.54) is 5.56 Å². The SMILES string of the molecule is Cc1cccc(Nc2nccc(N3CCN(C)CC3)n2)c1. The maximum absolute atomic E-state index is 4.63. The lowest BCUT2D eigenvalue weighted by atomic mass is 10.2. The van der Waals surface area contributed by atoms with Crippen LogP contribution < -0.4 is 10.2 Å². The lowest BCUT2D eigenvalue weighted by Crippen LogP contribution is -2.44. The second kappa shape index (κ2) is 6.10. The topological polar surface area (TPSA) is 44.3 Å². The van der Waals surface area contributed by atoms with Crippen molar-refractivity contribution in [2.24, 2.45) is 0 Å². The Bertz CT molecular complexity index is 605. The van der Waals surface area contributed by atoms with Crippen molar-refractivity contribution >= 4 is 17.5 Å². The van der Waals surface area contributed by atoms with Gasteiger partial charge in [-0.1, -0.05) is 12.1 Å². The molecule has 3 rings (SSSR count). The Morgan fingerprint density at radius 2 is 1.90 bits per heavy atom. The fourth-order valence-corrected chi connectivity index (χ4v) is 2.47. The Balaban J connectivity index is 1.74. The van der Waals surface area contributed by atoms with E-state index in [1.807, 2.05) is 24.4 Å². The van der Waals surface area contributed by atoms with Crippen LogP contribution in [-0.2, 0) is 0 Å². The van der Waals surface area contributed by atoms with E-state index >= 15 is 0 Å². The molecule has 0 atom stereocenters. The lowest BCUT2D eigenvalue weighted by Gasteiger charge is -2.33. The molecule has 0 aliphatic carbocycles. The molecule has 0 spiro atoms. The number of rotatable bonds is 3. The van der Waals surface area contributed by atoms with Gasteiger partial charge in [0.1, 0.15) is 5.82 Å². The van der Waals surface area contributed by atoms with Crippen LogP contribution >= 0.6 is 0 Å². The molecule has 2 aromatic rings. The number of benzene rings is 1. The molecular formula is C16H21N5. The normalized spacial score (nSPS) is 16.0.